The van der Waals surface area contributed by atoms with Crippen LogP contribution in [0.5, 0.6) is 0 Å². The Balaban J connectivity index is 0.954. The van der Waals surface area contributed by atoms with Crippen molar-refractivity contribution in [3.63, 3.8) is 0 Å². The molecule has 360 valence electrons. The van der Waals surface area contributed by atoms with Gasteiger partial charge in [-0.15, -0.1) is 11.3 Å². The molecular weight excluding hydrogens is 927 g/mol. The lowest BCUT2D eigenvalue weighted by molar-refractivity contribution is 0.332. The van der Waals surface area contributed by atoms with Gasteiger partial charge in [0.1, 0.15) is 0 Å². The molecule has 0 amide bonds. The number of anilines is 5. The Bertz CT molecular complexity index is 3720. The summed E-state index contributed by atoms with van der Waals surface area (Å²) < 4.78 is 36.6. The minimum atomic E-state index is -0.276. The first-order valence-electron chi connectivity index (χ1n) is 26.0. The minimum Gasteiger partial charge on any atom is -0.332 e. The smallest absolute Gasteiger partial charge is 0.155 e. The average Bonchev–Trinajstić information content (AvgIpc) is 3.88. The first kappa shape index (κ1) is 45.7. The highest BCUT2D eigenvalue weighted by atomic mass is 32.1. The number of para-hydroxylation sites is 2. The molecule has 0 aliphatic heterocycles. The molecule has 9 aromatic rings. The summed E-state index contributed by atoms with van der Waals surface area (Å²) in [6.07, 6.45) is 20.4. The van der Waals surface area contributed by atoms with E-state index in [1.807, 2.05) is 133 Å². The summed E-state index contributed by atoms with van der Waals surface area (Å²) in [6, 6.07) is 65.4. The number of halogens is 2. The van der Waals surface area contributed by atoms with E-state index in [-0.39, 0.29) is 35.4 Å². The number of benzene rings is 8. The summed E-state index contributed by atoms with van der Waals surface area (Å²) in [4.78, 5) is 5.72. The van der Waals surface area contributed by atoms with Crippen LogP contribution in [0.25, 0.3) is 54.6 Å². The third-order valence-corrected chi connectivity index (χ3v) is 16.9. The number of fused-ring (bicyclic) bond motifs is 8. The summed E-state index contributed by atoms with van der Waals surface area (Å²) >= 11 is 1.87. The summed E-state index contributed by atoms with van der Waals surface area (Å²) in [5.41, 5.74) is 14.8. The van der Waals surface area contributed by atoms with Crippen molar-refractivity contribution in [2.75, 3.05) is 9.80 Å². The molecule has 0 radical (unpaired) electrons. The highest BCUT2D eigenvalue weighted by molar-refractivity contribution is 7.19. The Hall–Kier alpha value is -8.12. The molecule has 4 aliphatic rings. The third kappa shape index (κ3) is 8.07. The normalized spacial score (nSPS) is 18.7. The summed E-state index contributed by atoms with van der Waals surface area (Å²) in [5, 5.41) is 1.22. The predicted molar refractivity (Wildman–Crippen MR) is 308 cm³/mol. The van der Waals surface area contributed by atoms with Crippen molar-refractivity contribution in [1.82, 2.24) is 0 Å². The lowest BCUT2D eigenvalue weighted by atomic mass is 9.62. The second-order valence-corrected chi connectivity index (χ2v) is 21.1. The molecule has 1 heterocycles. The van der Waals surface area contributed by atoms with Crippen LogP contribution in [0.15, 0.2) is 242 Å². The second-order valence-electron chi connectivity index (χ2n) is 20.0. The number of allylic oxidation sites excluding steroid dienone is 9. The van der Waals surface area contributed by atoms with Gasteiger partial charge in [0.25, 0.3) is 0 Å². The molecule has 1 aromatic heterocycles. The van der Waals surface area contributed by atoms with E-state index >= 15 is 8.78 Å². The van der Waals surface area contributed by atoms with Gasteiger partial charge in [-0.3, -0.25) is 0 Å². The molecular formula is C69H54F2N2S. The van der Waals surface area contributed by atoms with E-state index < -0.39 is 0 Å². The van der Waals surface area contributed by atoms with Crippen molar-refractivity contribution >= 4 is 61.0 Å². The van der Waals surface area contributed by atoms with Gasteiger partial charge in [0.05, 0.1) is 17.4 Å². The molecule has 0 fully saturated rings. The molecule has 13 rings (SSSR count). The first-order chi connectivity index (χ1) is 36.5. The van der Waals surface area contributed by atoms with Crippen molar-refractivity contribution in [3.8, 4) is 33.4 Å². The number of rotatable bonds is 10. The van der Waals surface area contributed by atoms with Gasteiger partial charge in [0, 0.05) is 60.6 Å². The van der Waals surface area contributed by atoms with Gasteiger partial charge >= 0.3 is 0 Å². The predicted octanol–water partition coefficient (Wildman–Crippen LogP) is 19.6. The topological polar surface area (TPSA) is 6.48 Å². The summed E-state index contributed by atoms with van der Waals surface area (Å²) in [6.45, 7) is 2.39. The number of hydrogen-bond acceptors (Lipinski definition) is 3. The summed E-state index contributed by atoms with van der Waals surface area (Å²) in [5.74, 6) is -0.136. The van der Waals surface area contributed by atoms with E-state index in [9.17, 15) is 0 Å². The molecule has 4 atom stereocenters. The lowest BCUT2D eigenvalue weighted by Crippen LogP contribution is -2.44. The zero-order valence-electron chi connectivity index (χ0n) is 41.2. The monoisotopic (exact) mass is 980 g/mol. The Kier molecular flexibility index (Phi) is 12.0. The maximum Gasteiger partial charge on any atom is 0.155 e. The molecule has 0 spiro atoms. The van der Waals surface area contributed by atoms with E-state index in [1.165, 1.54) is 27.0 Å². The van der Waals surface area contributed by atoms with E-state index in [0.29, 0.717) is 22.5 Å². The first-order valence-corrected chi connectivity index (χ1v) is 26.9. The van der Waals surface area contributed by atoms with Crippen LogP contribution in [0.3, 0.4) is 0 Å². The van der Waals surface area contributed by atoms with Gasteiger partial charge in [-0.2, -0.15) is 0 Å². The Labute approximate surface area is 436 Å². The highest BCUT2D eigenvalue weighted by Gasteiger charge is 2.46. The number of hydrogen-bond donors (Lipinski definition) is 0. The Morgan fingerprint density at radius 1 is 0.500 bits per heavy atom. The van der Waals surface area contributed by atoms with Gasteiger partial charge in [-0.25, -0.2) is 8.78 Å². The van der Waals surface area contributed by atoms with Gasteiger partial charge in [-0.05, 0) is 137 Å². The average molecular weight is 981 g/mol. The van der Waals surface area contributed by atoms with Crippen LogP contribution in [0.4, 0.5) is 37.2 Å². The highest BCUT2D eigenvalue weighted by Crippen LogP contribution is 2.59. The molecule has 0 N–H and O–H groups in total. The molecule has 2 nitrogen and oxygen atoms in total. The molecule has 0 saturated heterocycles. The summed E-state index contributed by atoms with van der Waals surface area (Å²) in [7, 11) is 0. The van der Waals surface area contributed by atoms with Crippen molar-refractivity contribution in [1.29, 1.82) is 0 Å². The van der Waals surface area contributed by atoms with E-state index in [0.717, 1.165) is 80.8 Å². The molecule has 8 aromatic carbocycles. The maximum absolute atomic E-state index is 17.8. The molecule has 4 aliphatic carbocycles. The van der Waals surface area contributed by atoms with Crippen LogP contribution >= 0.6 is 11.3 Å². The van der Waals surface area contributed by atoms with E-state index in [1.54, 1.807) is 0 Å². The van der Waals surface area contributed by atoms with Crippen molar-refractivity contribution in [3.05, 3.63) is 270 Å². The quantitative estimate of drug-likeness (QED) is 0.126. The number of thiophene rings is 1. The standard InChI is InChI=1S/C69H54F2N2S/c1-45-61(73(53-32-18-7-19-33-53)63-43-51(47-24-10-3-11-25-47)41-60(68(63)71)49-28-14-5-15-29-49)39-38-58-65(45)55-34-20-21-35-56(55)66-57-37-36-54(44-64(57)74-69(58)66)72(52-30-16-6-17-31-52)62-42-50(46-22-8-2-9-23-46)40-59(67(62)70)48-26-12-4-13-27-48/h2,4-10,12-19,22-45,58,61,65H,3,11,20-21H2,1H3. The van der Waals surface area contributed by atoms with E-state index in [4.69, 9.17) is 0 Å². The van der Waals surface area contributed by atoms with Crippen LogP contribution < -0.4 is 9.80 Å². The number of nitrogens with zero attached hydrogens (tertiary/aromatic N) is 2. The van der Waals surface area contributed by atoms with Gasteiger partial charge in [0.2, 0.25) is 0 Å². The Morgan fingerprint density at radius 2 is 1.08 bits per heavy atom. The van der Waals surface area contributed by atoms with Gasteiger partial charge in [0.15, 0.2) is 11.6 Å². The molecule has 0 saturated carbocycles. The van der Waals surface area contributed by atoms with Crippen molar-refractivity contribution in [2.24, 2.45) is 11.8 Å². The Morgan fingerprint density at radius 3 is 1.74 bits per heavy atom. The lowest BCUT2D eigenvalue weighted by Gasteiger charge is -2.47. The second kappa shape index (κ2) is 19.4. The zero-order chi connectivity index (χ0) is 49.7. The molecule has 4 unspecified atom stereocenters. The molecule has 5 heteroatoms. The van der Waals surface area contributed by atoms with Crippen LogP contribution in [-0.2, 0) is 0 Å². The minimum absolute atomic E-state index is 0.0937. The van der Waals surface area contributed by atoms with E-state index in [2.05, 4.69) is 132 Å². The molecule has 74 heavy (non-hydrogen) atoms. The zero-order valence-corrected chi connectivity index (χ0v) is 42.0. The van der Waals surface area contributed by atoms with Crippen molar-refractivity contribution < 1.29 is 8.78 Å². The van der Waals surface area contributed by atoms with Crippen LogP contribution in [0, 0.1) is 23.5 Å². The SMILES string of the molecule is CC1C2C3=CCCC=C3c3c(sc4cc(N(c5ccccc5)c5cc(-c6ccccc6)cc(-c6ccccc6)c5F)ccc34)C2C=CC1N(c1ccccc1)c1cc(C2=CCCC=C2)cc(-c2ccccc2)c1F. The molecule has 0 bridgehead atoms. The fraction of sp³-hybridized carbons (Fsp3) is 0.130. The maximum atomic E-state index is 17.8. The van der Waals surface area contributed by atoms with Crippen LogP contribution in [0.1, 0.15) is 54.5 Å². The van der Waals surface area contributed by atoms with Crippen molar-refractivity contribution in [2.45, 2.75) is 44.6 Å². The fourth-order valence-electron chi connectivity index (χ4n) is 12.2. The van der Waals surface area contributed by atoms with Crippen LogP contribution in [-0.4, -0.2) is 6.04 Å². The van der Waals surface area contributed by atoms with Crippen LogP contribution in [0.2, 0.25) is 0 Å². The van der Waals surface area contributed by atoms with Gasteiger partial charge in [-0.1, -0.05) is 183 Å². The van der Waals surface area contributed by atoms with Gasteiger partial charge < -0.3 is 9.80 Å². The fourth-order valence-corrected chi connectivity index (χ4v) is 13.6. The third-order valence-electron chi connectivity index (χ3n) is 15.6. The largest absolute Gasteiger partial charge is 0.332 e.